The van der Waals surface area contributed by atoms with E-state index in [1.807, 2.05) is 30.3 Å². The minimum absolute atomic E-state index is 0.179. The van der Waals surface area contributed by atoms with Gasteiger partial charge in [-0.3, -0.25) is 9.59 Å². The SMILES string of the molecule is C=C1COC(c2ccccc2)C1(C(C)=O)C(=O)OCC. The molecule has 106 valence electrons. The molecule has 0 N–H and O–H groups in total. The van der Waals surface area contributed by atoms with Crippen molar-refractivity contribution in [1.29, 1.82) is 0 Å². The molecule has 1 aromatic carbocycles. The molecule has 1 saturated heterocycles. The van der Waals surface area contributed by atoms with E-state index in [2.05, 4.69) is 6.58 Å². The number of ketones is 1. The average molecular weight is 274 g/mol. The summed E-state index contributed by atoms with van der Waals surface area (Å²) >= 11 is 0. The minimum Gasteiger partial charge on any atom is -0.465 e. The summed E-state index contributed by atoms with van der Waals surface area (Å²) in [6.07, 6.45) is -0.673. The summed E-state index contributed by atoms with van der Waals surface area (Å²) in [7, 11) is 0. The van der Waals surface area contributed by atoms with Crippen LogP contribution in [0.2, 0.25) is 0 Å². The van der Waals surface area contributed by atoms with Crippen LogP contribution in [0.3, 0.4) is 0 Å². The van der Waals surface area contributed by atoms with Gasteiger partial charge in [0, 0.05) is 0 Å². The van der Waals surface area contributed by atoms with Crippen molar-refractivity contribution in [2.75, 3.05) is 13.2 Å². The number of rotatable bonds is 4. The topological polar surface area (TPSA) is 52.6 Å². The zero-order chi connectivity index (χ0) is 14.8. The fourth-order valence-corrected chi connectivity index (χ4v) is 2.66. The number of hydrogen-bond donors (Lipinski definition) is 0. The van der Waals surface area contributed by atoms with Crippen LogP contribution in [0.25, 0.3) is 0 Å². The molecular weight excluding hydrogens is 256 g/mol. The number of Topliss-reactive ketones (excluding diaryl/α,β-unsaturated/α-hetero) is 1. The van der Waals surface area contributed by atoms with Crippen LogP contribution in [0.5, 0.6) is 0 Å². The number of ether oxygens (including phenoxy) is 2. The third kappa shape index (κ3) is 2.06. The van der Waals surface area contributed by atoms with Crippen LogP contribution < -0.4 is 0 Å². The molecule has 1 aromatic rings. The molecule has 20 heavy (non-hydrogen) atoms. The lowest BCUT2D eigenvalue weighted by Crippen LogP contribution is -2.43. The van der Waals surface area contributed by atoms with Gasteiger partial charge in [-0.1, -0.05) is 36.9 Å². The molecule has 4 heteroatoms. The lowest BCUT2D eigenvalue weighted by molar-refractivity contribution is -0.161. The van der Waals surface area contributed by atoms with E-state index in [0.29, 0.717) is 5.57 Å². The fourth-order valence-electron chi connectivity index (χ4n) is 2.66. The molecule has 4 nitrogen and oxygen atoms in total. The molecule has 1 heterocycles. The normalized spacial score (nSPS) is 25.5. The van der Waals surface area contributed by atoms with Crippen LogP contribution in [-0.2, 0) is 19.1 Å². The first-order valence-corrected chi connectivity index (χ1v) is 6.58. The predicted molar refractivity (Wildman–Crippen MR) is 74.0 cm³/mol. The lowest BCUT2D eigenvalue weighted by Gasteiger charge is -2.30. The molecule has 0 spiro atoms. The van der Waals surface area contributed by atoms with Crippen LogP contribution in [-0.4, -0.2) is 25.0 Å². The highest BCUT2D eigenvalue weighted by atomic mass is 16.5. The standard InChI is InChI=1S/C16H18O4/c1-4-19-15(18)16(12(3)17)11(2)10-20-14(16)13-8-6-5-7-9-13/h5-9,14H,2,4,10H2,1,3H3. The van der Waals surface area contributed by atoms with Gasteiger partial charge in [0.15, 0.2) is 11.2 Å². The summed E-state index contributed by atoms with van der Waals surface area (Å²) in [6, 6.07) is 9.22. The van der Waals surface area contributed by atoms with Crippen LogP contribution >= 0.6 is 0 Å². The Bertz CT molecular complexity index is 535. The Hall–Kier alpha value is -1.94. The van der Waals surface area contributed by atoms with Crippen molar-refractivity contribution in [2.24, 2.45) is 5.41 Å². The highest BCUT2D eigenvalue weighted by molar-refractivity contribution is 6.07. The Morgan fingerprint density at radius 1 is 1.40 bits per heavy atom. The third-order valence-electron chi connectivity index (χ3n) is 3.63. The maximum absolute atomic E-state index is 12.4. The number of hydrogen-bond acceptors (Lipinski definition) is 4. The van der Waals surface area contributed by atoms with Crippen LogP contribution in [0.1, 0.15) is 25.5 Å². The zero-order valence-corrected chi connectivity index (χ0v) is 11.7. The van der Waals surface area contributed by atoms with Crippen molar-refractivity contribution in [3.63, 3.8) is 0 Å². The van der Waals surface area contributed by atoms with E-state index < -0.39 is 17.5 Å². The van der Waals surface area contributed by atoms with E-state index in [4.69, 9.17) is 9.47 Å². The Balaban J connectivity index is 2.53. The fraction of sp³-hybridized carbons (Fsp3) is 0.375. The van der Waals surface area contributed by atoms with Crippen molar-refractivity contribution >= 4 is 11.8 Å². The zero-order valence-electron chi connectivity index (χ0n) is 11.7. The van der Waals surface area contributed by atoms with Gasteiger partial charge in [-0.15, -0.1) is 0 Å². The van der Waals surface area contributed by atoms with E-state index >= 15 is 0 Å². The highest BCUT2D eigenvalue weighted by Crippen LogP contribution is 2.49. The van der Waals surface area contributed by atoms with Gasteiger partial charge in [0.2, 0.25) is 0 Å². The summed E-state index contributed by atoms with van der Waals surface area (Å²) in [5.74, 6) is -0.879. The minimum atomic E-state index is -1.43. The van der Waals surface area contributed by atoms with Gasteiger partial charge in [-0.05, 0) is 25.0 Å². The van der Waals surface area contributed by atoms with Crippen molar-refractivity contribution in [2.45, 2.75) is 20.0 Å². The molecule has 0 aliphatic carbocycles. The van der Waals surface area contributed by atoms with E-state index in [0.717, 1.165) is 5.56 Å². The lowest BCUT2D eigenvalue weighted by atomic mass is 9.72. The second-order valence-electron chi connectivity index (χ2n) is 4.79. The van der Waals surface area contributed by atoms with Gasteiger partial charge >= 0.3 is 5.97 Å². The molecular formula is C16H18O4. The highest BCUT2D eigenvalue weighted by Gasteiger charge is 2.58. The summed E-state index contributed by atoms with van der Waals surface area (Å²) in [6.45, 7) is 7.34. The predicted octanol–water partition coefficient (Wildman–Crippen LogP) is 2.45. The van der Waals surface area contributed by atoms with E-state index in [1.165, 1.54) is 6.92 Å². The van der Waals surface area contributed by atoms with Crippen molar-refractivity contribution in [3.8, 4) is 0 Å². The van der Waals surface area contributed by atoms with Crippen molar-refractivity contribution in [1.82, 2.24) is 0 Å². The van der Waals surface area contributed by atoms with Gasteiger partial charge < -0.3 is 9.47 Å². The smallest absolute Gasteiger partial charge is 0.326 e. The molecule has 1 aliphatic rings. The first-order chi connectivity index (χ1) is 9.55. The summed E-state index contributed by atoms with van der Waals surface area (Å²) in [5, 5.41) is 0. The van der Waals surface area contributed by atoms with Crippen LogP contribution in [0.4, 0.5) is 0 Å². The molecule has 2 rings (SSSR count). The monoisotopic (exact) mass is 274 g/mol. The van der Waals surface area contributed by atoms with E-state index in [-0.39, 0.29) is 19.0 Å². The first-order valence-electron chi connectivity index (χ1n) is 6.58. The summed E-state index contributed by atoms with van der Waals surface area (Å²) in [5.41, 5.74) is -0.205. The number of carbonyl (C=O) groups excluding carboxylic acids is 2. The van der Waals surface area contributed by atoms with Crippen molar-refractivity contribution in [3.05, 3.63) is 48.0 Å². The third-order valence-corrected chi connectivity index (χ3v) is 3.63. The molecule has 2 unspecified atom stereocenters. The quantitative estimate of drug-likeness (QED) is 0.481. The largest absolute Gasteiger partial charge is 0.465 e. The number of benzene rings is 1. The molecule has 0 radical (unpaired) electrons. The maximum Gasteiger partial charge on any atom is 0.326 e. The molecule has 1 aliphatic heterocycles. The average Bonchev–Trinajstić information content (AvgIpc) is 2.78. The van der Waals surface area contributed by atoms with Crippen LogP contribution in [0, 0.1) is 5.41 Å². The van der Waals surface area contributed by atoms with Gasteiger partial charge in [0.05, 0.1) is 13.2 Å². The van der Waals surface area contributed by atoms with E-state index in [9.17, 15) is 9.59 Å². The number of esters is 1. The molecule has 0 aromatic heterocycles. The summed E-state index contributed by atoms with van der Waals surface area (Å²) < 4.78 is 10.8. The Morgan fingerprint density at radius 3 is 2.60 bits per heavy atom. The maximum atomic E-state index is 12.4. The van der Waals surface area contributed by atoms with Gasteiger partial charge in [0.1, 0.15) is 6.10 Å². The second kappa shape index (κ2) is 5.59. The molecule has 0 bridgehead atoms. The Labute approximate surface area is 118 Å². The second-order valence-corrected chi connectivity index (χ2v) is 4.79. The van der Waals surface area contributed by atoms with Crippen LogP contribution in [0.15, 0.2) is 42.5 Å². The summed E-state index contributed by atoms with van der Waals surface area (Å²) in [4.78, 5) is 24.7. The van der Waals surface area contributed by atoms with E-state index in [1.54, 1.807) is 6.92 Å². The first kappa shape index (κ1) is 14.5. The Kier molecular flexibility index (Phi) is 4.04. The molecule has 0 saturated carbocycles. The Morgan fingerprint density at radius 2 is 2.05 bits per heavy atom. The molecule has 2 atom stereocenters. The number of carbonyl (C=O) groups is 2. The molecule has 0 amide bonds. The van der Waals surface area contributed by atoms with Crippen molar-refractivity contribution < 1.29 is 19.1 Å². The van der Waals surface area contributed by atoms with Gasteiger partial charge in [-0.25, -0.2) is 0 Å². The molecule has 1 fully saturated rings. The van der Waals surface area contributed by atoms with Gasteiger partial charge in [0.25, 0.3) is 0 Å². The van der Waals surface area contributed by atoms with Gasteiger partial charge in [-0.2, -0.15) is 0 Å².